The third-order valence-electron chi connectivity index (χ3n) is 2.58. The van der Waals surface area contributed by atoms with Crippen LogP contribution in [-0.4, -0.2) is 29.6 Å². The molecule has 0 aromatic carbocycles. The second-order valence-electron chi connectivity index (χ2n) is 4.09. The first-order valence-electron chi connectivity index (χ1n) is 6.05. The van der Waals surface area contributed by atoms with E-state index in [0.717, 1.165) is 0 Å². The summed E-state index contributed by atoms with van der Waals surface area (Å²) in [6.07, 6.45) is -4.07. The number of nitrogens with one attached hydrogen (secondary N) is 1. The number of alkyl halides is 3. The van der Waals surface area contributed by atoms with E-state index in [1.165, 1.54) is 25.3 Å². The summed E-state index contributed by atoms with van der Waals surface area (Å²) in [5.74, 6) is -5.97. The number of halogens is 3. The predicted molar refractivity (Wildman–Crippen MR) is 72.6 cm³/mol. The molecule has 0 saturated heterocycles. The molecule has 122 valence electrons. The minimum Gasteiger partial charge on any atom is -0.467 e. The smallest absolute Gasteiger partial charge is 0.451 e. The second kappa shape index (κ2) is 7.25. The highest BCUT2D eigenvalue weighted by Gasteiger charge is 2.51. The van der Waals surface area contributed by atoms with Crippen molar-refractivity contribution in [1.82, 2.24) is 5.32 Å². The Hall–Kier alpha value is -2.10. The summed E-state index contributed by atoms with van der Waals surface area (Å²) >= 11 is 4.58. The quantitative estimate of drug-likeness (QED) is 0.461. The van der Waals surface area contributed by atoms with Gasteiger partial charge in [-0.25, -0.2) is 0 Å². The zero-order valence-corrected chi connectivity index (χ0v) is 12.2. The highest BCUT2D eigenvalue weighted by atomic mass is 32.1. The number of rotatable bonds is 6. The van der Waals surface area contributed by atoms with Crippen LogP contribution < -0.4 is 11.1 Å². The third-order valence-corrected chi connectivity index (χ3v) is 2.70. The first-order chi connectivity index (χ1) is 10.2. The van der Waals surface area contributed by atoms with E-state index >= 15 is 0 Å². The van der Waals surface area contributed by atoms with Gasteiger partial charge in [-0.3, -0.25) is 9.59 Å². The van der Waals surface area contributed by atoms with Crippen LogP contribution in [0.2, 0.25) is 0 Å². The van der Waals surface area contributed by atoms with Crippen LogP contribution in [0.25, 0.3) is 0 Å². The van der Waals surface area contributed by atoms with Gasteiger partial charge in [0.05, 0.1) is 12.9 Å². The molecule has 3 N–H and O–H groups in total. The van der Waals surface area contributed by atoms with Crippen LogP contribution in [0.4, 0.5) is 13.2 Å². The van der Waals surface area contributed by atoms with E-state index in [4.69, 9.17) is 10.2 Å². The highest BCUT2D eigenvalue weighted by Crippen LogP contribution is 2.31. The van der Waals surface area contributed by atoms with Gasteiger partial charge >= 0.3 is 12.1 Å². The molecule has 1 aromatic heterocycles. The van der Waals surface area contributed by atoms with Crippen LogP contribution in [0.3, 0.4) is 0 Å². The molecule has 0 aliphatic carbocycles. The van der Waals surface area contributed by atoms with Gasteiger partial charge in [0, 0.05) is 0 Å². The molecule has 0 aliphatic rings. The zero-order valence-electron chi connectivity index (χ0n) is 11.3. The van der Waals surface area contributed by atoms with E-state index in [0.29, 0.717) is 0 Å². The standard InChI is InChI=1S/C12H13F3N2O4S/c1-2-20-10(19)7(9(18)12(13,14)15)8(17-11(16)22)6-4-3-5-21-6/h3-5,7-8H,2H2,1H3,(H3,16,17,22)/t7-,8+/m0/s1. The van der Waals surface area contributed by atoms with Gasteiger partial charge in [-0.1, -0.05) is 0 Å². The number of carbonyl (C=O) groups excluding carboxylic acids is 2. The number of hydrogen-bond acceptors (Lipinski definition) is 5. The first-order valence-corrected chi connectivity index (χ1v) is 6.46. The molecular formula is C12H13F3N2O4S. The number of carbonyl (C=O) groups is 2. The van der Waals surface area contributed by atoms with E-state index < -0.39 is 35.0 Å². The van der Waals surface area contributed by atoms with Crippen molar-refractivity contribution in [3.8, 4) is 0 Å². The molecule has 1 heterocycles. The number of nitrogens with two attached hydrogens (primary N) is 1. The number of ether oxygens (including phenoxy) is 1. The van der Waals surface area contributed by atoms with Gasteiger partial charge in [0.1, 0.15) is 11.8 Å². The van der Waals surface area contributed by atoms with Crippen LogP contribution in [0.15, 0.2) is 22.8 Å². The van der Waals surface area contributed by atoms with Crippen LogP contribution >= 0.6 is 12.2 Å². The zero-order chi connectivity index (χ0) is 16.9. The van der Waals surface area contributed by atoms with Gasteiger partial charge in [0.15, 0.2) is 11.0 Å². The lowest BCUT2D eigenvalue weighted by molar-refractivity contribution is -0.182. The molecule has 10 heteroatoms. The largest absolute Gasteiger partial charge is 0.467 e. The molecule has 0 aliphatic heterocycles. The summed E-state index contributed by atoms with van der Waals surface area (Å²) in [5.41, 5.74) is 5.25. The van der Waals surface area contributed by atoms with Crippen LogP contribution in [0.1, 0.15) is 18.7 Å². The van der Waals surface area contributed by atoms with Crippen molar-refractivity contribution in [3.63, 3.8) is 0 Å². The molecule has 0 saturated carbocycles. The van der Waals surface area contributed by atoms with Crippen molar-refractivity contribution in [1.29, 1.82) is 0 Å². The molecule has 0 fully saturated rings. The Morgan fingerprint density at radius 2 is 2.14 bits per heavy atom. The molecule has 0 radical (unpaired) electrons. The molecule has 6 nitrogen and oxygen atoms in total. The second-order valence-corrected chi connectivity index (χ2v) is 4.53. The van der Waals surface area contributed by atoms with E-state index in [1.54, 1.807) is 0 Å². The van der Waals surface area contributed by atoms with Crippen molar-refractivity contribution < 1.29 is 31.9 Å². The van der Waals surface area contributed by atoms with Gasteiger partial charge in [-0.15, -0.1) is 0 Å². The Kier molecular flexibility index (Phi) is 5.92. The van der Waals surface area contributed by atoms with Gasteiger partial charge in [0.25, 0.3) is 5.78 Å². The van der Waals surface area contributed by atoms with E-state index in [2.05, 4.69) is 22.3 Å². The number of furan rings is 1. The van der Waals surface area contributed by atoms with E-state index in [9.17, 15) is 22.8 Å². The molecular weight excluding hydrogens is 325 g/mol. The Bertz CT molecular complexity index is 545. The number of hydrogen-bond donors (Lipinski definition) is 2. The molecule has 0 amide bonds. The fourth-order valence-corrected chi connectivity index (χ4v) is 1.87. The summed E-state index contributed by atoms with van der Waals surface area (Å²) in [7, 11) is 0. The average Bonchev–Trinajstić information content (AvgIpc) is 2.90. The number of esters is 1. The minimum absolute atomic E-state index is 0.108. The normalized spacial score (nSPS) is 14.0. The van der Waals surface area contributed by atoms with Crippen LogP contribution in [0.5, 0.6) is 0 Å². The van der Waals surface area contributed by atoms with Crippen LogP contribution in [-0.2, 0) is 14.3 Å². The summed E-state index contributed by atoms with van der Waals surface area (Å²) in [5, 5.41) is 1.87. The van der Waals surface area contributed by atoms with Crippen molar-refractivity contribution in [2.75, 3.05) is 6.61 Å². The maximum Gasteiger partial charge on any atom is 0.451 e. The Labute approximate surface area is 128 Å². The van der Waals surface area contributed by atoms with Crippen molar-refractivity contribution in [2.45, 2.75) is 19.1 Å². The Balaban J connectivity index is 3.27. The lowest BCUT2D eigenvalue weighted by Gasteiger charge is -2.24. The fraction of sp³-hybridized carbons (Fsp3) is 0.417. The highest BCUT2D eigenvalue weighted by molar-refractivity contribution is 7.80. The Morgan fingerprint density at radius 1 is 1.50 bits per heavy atom. The maximum absolute atomic E-state index is 12.8. The van der Waals surface area contributed by atoms with Gasteiger partial charge in [0.2, 0.25) is 0 Å². The Morgan fingerprint density at radius 3 is 2.55 bits per heavy atom. The lowest BCUT2D eigenvalue weighted by Crippen LogP contribution is -2.47. The maximum atomic E-state index is 12.8. The molecule has 22 heavy (non-hydrogen) atoms. The summed E-state index contributed by atoms with van der Waals surface area (Å²) in [4.78, 5) is 23.4. The van der Waals surface area contributed by atoms with Crippen LogP contribution in [0, 0.1) is 5.92 Å². The number of Topliss-reactive ketones (excluding diaryl/α,β-unsaturated/α-hetero) is 1. The molecule has 0 bridgehead atoms. The van der Waals surface area contributed by atoms with Gasteiger partial charge in [-0.2, -0.15) is 13.2 Å². The summed E-state index contributed by atoms with van der Waals surface area (Å²) in [6.45, 7) is 1.20. The third kappa shape index (κ3) is 4.45. The van der Waals surface area contributed by atoms with Crippen molar-refractivity contribution in [3.05, 3.63) is 24.2 Å². The van der Waals surface area contributed by atoms with E-state index in [-0.39, 0.29) is 12.4 Å². The molecule has 0 unspecified atom stereocenters. The van der Waals surface area contributed by atoms with Gasteiger partial charge in [-0.05, 0) is 31.3 Å². The lowest BCUT2D eigenvalue weighted by atomic mass is 9.92. The summed E-state index contributed by atoms with van der Waals surface area (Å²) < 4.78 is 47.8. The van der Waals surface area contributed by atoms with Crippen molar-refractivity contribution in [2.24, 2.45) is 11.7 Å². The average molecular weight is 338 g/mol. The number of thiocarbonyl (C=S) groups is 1. The first kappa shape index (κ1) is 18.0. The molecule has 0 spiro atoms. The number of ketones is 1. The molecule has 2 atom stereocenters. The summed E-state index contributed by atoms with van der Waals surface area (Å²) in [6, 6.07) is 1.14. The minimum atomic E-state index is -5.24. The van der Waals surface area contributed by atoms with Gasteiger partial charge < -0.3 is 20.2 Å². The topological polar surface area (TPSA) is 94.6 Å². The van der Waals surface area contributed by atoms with E-state index in [1.807, 2.05) is 0 Å². The molecule has 1 rings (SSSR count). The molecule has 1 aromatic rings. The monoisotopic (exact) mass is 338 g/mol. The predicted octanol–water partition coefficient (Wildman–Crippen LogP) is 1.46. The fourth-order valence-electron chi connectivity index (χ4n) is 1.74. The van der Waals surface area contributed by atoms with Crippen molar-refractivity contribution >= 4 is 29.1 Å². The SMILES string of the molecule is CCOC(=O)[C@H](C(=O)C(F)(F)F)[C@H](NC(N)=S)c1ccco1.